The van der Waals surface area contributed by atoms with Gasteiger partial charge in [-0.15, -0.1) is 13.2 Å². The smallest absolute Gasteiger partial charge is 0.248 e. The van der Waals surface area contributed by atoms with Crippen LogP contribution in [0.25, 0.3) is 0 Å². The van der Waals surface area contributed by atoms with E-state index in [1.807, 2.05) is 51.1 Å². The first-order valence-electron chi connectivity index (χ1n) is 15.6. The molecule has 1 aromatic carbocycles. The lowest BCUT2D eigenvalue weighted by atomic mass is 9.70. The number of nitrogens with zero attached hydrogens (tertiary/aromatic N) is 3. The van der Waals surface area contributed by atoms with Crippen LogP contribution in [0.2, 0.25) is 0 Å². The van der Waals surface area contributed by atoms with Gasteiger partial charge < -0.3 is 24.5 Å². The second-order valence-electron chi connectivity index (χ2n) is 12.7. The lowest BCUT2D eigenvalue weighted by Gasteiger charge is -2.41. The third-order valence-electron chi connectivity index (χ3n) is 9.33. The minimum absolute atomic E-state index is 0.0597. The minimum Gasteiger partial charge on any atom is -0.394 e. The number of aliphatic hydroxyl groups excluding tert-OH is 1. The molecule has 3 amide bonds. The molecular formula is C34H49N3O5. The van der Waals surface area contributed by atoms with Crippen molar-refractivity contribution in [2.24, 2.45) is 17.8 Å². The Labute approximate surface area is 251 Å². The molecule has 8 nitrogen and oxygen atoms in total. The molecule has 0 radical (unpaired) electrons. The largest absolute Gasteiger partial charge is 0.394 e. The summed E-state index contributed by atoms with van der Waals surface area (Å²) >= 11 is 0. The van der Waals surface area contributed by atoms with Crippen molar-refractivity contribution in [3.63, 3.8) is 0 Å². The van der Waals surface area contributed by atoms with Gasteiger partial charge in [-0.1, -0.05) is 69.7 Å². The Kier molecular flexibility index (Phi) is 10.3. The molecule has 3 saturated heterocycles. The van der Waals surface area contributed by atoms with Crippen molar-refractivity contribution < 1.29 is 24.2 Å². The number of ether oxygens (including phenoxy) is 1. The summed E-state index contributed by atoms with van der Waals surface area (Å²) in [5.74, 6) is -1.88. The van der Waals surface area contributed by atoms with Crippen LogP contribution in [-0.2, 0) is 25.7 Å². The third kappa shape index (κ3) is 5.80. The van der Waals surface area contributed by atoms with Crippen molar-refractivity contribution in [3.8, 4) is 0 Å². The highest BCUT2D eigenvalue weighted by atomic mass is 16.5. The molecule has 0 aliphatic carbocycles. The van der Waals surface area contributed by atoms with Gasteiger partial charge in [-0.25, -0.2) is 0 Å². The number of rotatable bonds is 15. The van der Waals surface area contributed by atoms with E-state index in [-0.39, 0.29) is 36.3 Å². The van der Waals surface area contributed by atoms with Crippen molar-refractivity contribution in [3.05, 3.63) is 61.2 Å². The maximum absolute atomic E-state index is 14.6. The molecule has 3 unspecified atom stereocenters. The maximum Gasteiger partial charge on any atom is 0.248 e. The second-order valence-corrected chi connectivity index (χ2v) is 12.7. The van der Waals surface area contributed by atoms with Crippen LogP contribution >= 0.6 is 0 Å². The van der Waals surface area contributed by atoms with E-state index < -0.39 is 35.6 Å². The van der Waals surface area contributed by atoms with Gasteiger partial charge in [0, 0.05) is 25.7 Å². The second kappa shape index (κ2) is 13.6. The lowest BCUT2D eigenvalue weighted by molar-refractivity contribution is -0.153. The van der Waals surface area contributed by atoms with Gasteiger partial charge in [0.2, 0.25) is 17.7 Å². The molecular weight excluding hydrogens is 530 g/mol. The number of carbonyl (C=O) groups is 3. The third-order valence-corrected chi connectivity index (χ3v) is 9.33. The van der Waals surface area contributed by atoms with Crippen molar-refractivity contribution in [1.82, 2.24) is 14.7 Å². The molecule has 3 aliphatic rings. The van der Waals surface area contributed by atoms with Gasteiger partial charge in [-0.3, -0.25) is 14.4 Å². The highest BCUT2D eigenvalue weighted by Gasteiger charge is 2.75. The maximum atomic E-state index is 14.6. The summed E-state index contributed by atoms with van der Waals surface area (Å²) in [6.45, 7) is 16.8. The Morgan fingerprint density at radius 1 is 1.14 bits per heavy atom. The topological polar surface area (TPSA) is 90.4 Å². The molecule has 0 saturated carbocycles. The quantitative estimate of drug-likeness (QED) is 0.315. The van der Waals surface area contributed by atoms with Crippen molar-refractivity contribution in [2.75, 3.05) is 19.7 Å². The van der Waals surface area contributed by atoms with Gasteiger partial charge in [0.05, 0.1) is 30.6 Å². The van der Waals surface area contributed by atoms with Gasteiger partial charge in [-0.05, 0) is 44.1 Å². The molecule has 3 aliphatic heterocycles. The normalized spacial score (nSPS) is 27.6. The Hall–Kier alpha value is -2.97. The van der Waals surface area contributed by atoms with Crippen LogP contribution in [-0.4, -0.2) is 87.1 Å². The molecule has 1 N–H and O–H groups in total. The molecule has 42 heavy (non-hydrogen) atoms. The summed E-state index contributed by atoms with van der Waals surface area (Å²) in [6.07, 6.45) is 6.36. The standard InChI is InChI=1S/C34H49N3O5/c1-7-13-24(6)36(19-9-3)33(41)30-34-17-16-27(42-34)28(29(34)32(40)37(30)26(22-38)20-23(4)5)31(39)35(18-8-2)21-25-14-11-10-12-15-25/h8-12,14-15,23-24,26-30,38H,2-3,7,13,16-22H2,1,4-6H3/t24?,26-,27+,28-,29+,30?,34?/m1/s1. The van der Waals surface area contributed by atoms with E-state index in [0.717, 1.165) is 18.4 Å². The van der Waals surface area contributed by atoms with Crippen molar-refractivity contribution in [1.29, 1.82) is 0 Å². The van der Waals surface area contributed by atoms with Crippen LogP contribution in [0.1, 0.15) is 65.4 Å². The molecule has 0 aromatic heterocycles. The van der Waals surface area contributed by atoms with Gasteiger partial charge >= 0.3 is 0 Å². The Morgan fingerprint density at radius 2 is 1.83 bits per heavy atom. The zero-order valence-corrected chi connectivity index (χ0v) is 25.8. The fourth-order valence-electron chi connectivity index (χ4n) is 7.63. The summed E-state index contributed by atoms with van der Waals surface area (Å²) in [5, 5.41) is 10.6. The molecule has 1 spiro atoms. The molecule has 8 heteroatoms. The molecule has 4 rings (SSSR count). The van der Waals surface area contributed by atoms with E-state index in [4.69, 9.17) is 4.74 Å². The predicted molar refractivity (Wildman–Crippen MR) is 163 cm³/mol. The van der Waals surface area contributed by atoms with Gasteiger partial charge in [0.25, 0.3) is 0 Å². The molecule has 2 bridgehead atoms. The summed E-state index contributed by atoms with van der Waals surface area (Å²) in [7, 11) is 0. The molecule has 7 atom stereocenters. The highest BCUT2D eigenvalue weighted by molar-refractivity contribution is 5.99. The number of carbonyl (C=O) groups excluding carboxylic acids is 3. The summed E-state index contributed by atoms with van der Waals surface area (Å²) in [4.78, 5) is 48.6. The van der Waals surface area contributed by atoms with E-state index in [0.29, 0.717) is 38.9 Å². The van der Waals surface area contributed by atoms with Gasteiger partial charge in [0.1, 0.15) is 11.6 Å². The van der Waals surface area contributed by atoms with Crippen LogP contribution in [0.5, 0.6) is 0 Å². The molecule has 1 aromatic rings. The first-order chi connectivity index (χ1) is 20.1. The van der Waals surface area contributed by atoms with E-state index in [9.17, 15) is 19.5 Å². The van der Waals surface area contributed by atoms with Crippen LogP contribution < -0.4 is 0 Å². The number of fused-ring (bicyclic) bond motifs is 1. The van der Waals surface area contributed by atoms with Gasteiger partial charge in [0.15, 0.2) is 0 Å². The number of likely N-dealkylation sites (tertiary alicyclic amines) is 1. The zero-order chi connectivity index (χ0) is 30.6. The van der Waals surface area contributed by atoms with Crippen LogP contribution in [0, 0.1) is 17.8 Å². The first-order valence-corrected chi connectivity index (χ1v) is 15.6. The number of amides is 3. The van der Waals surface area contributed by atoms with Gasteiger partial charge in [-0.2, -0.15) is 0 Å². The number of hydrogen-bond donors (Lipinski definition) is 1. The van der Waals surface area contributed by atoms with Crippen molar-refractivity contribution >= 4 is 17.7 Å². The minimum atomic E-state index is -1.11. The van der Waals surface area contributed by atoms with E-state index in [2.05, 4.69) is 20.1 Å². The van der Waals surface area contributed by atoms with Crippen LogP contribution in [0.4, 0.5) is 0 Å². The van der Waals surface area contributed by atoms with E-state index >= 15 is 0 Å². The van der Waals surface area contributed by atoms with E-state index in [1.54, 1.807) is 26.9 Å². The summed E-state index contributed by atoms with van der Waals surface area (Å²) in [5.41, 5.74) is -0.122. The van der Waals surface area contributed by atoms with E-state index in [1.165, 1.54) is 0 Å². The fourth-order valence-corrected chi connectivity index (χ4v) is 7.63. The predicted octanol–water partition coefficient (Wildman–Crippen LogP) is 4.19. The Bertz CT molecular complexity index is 1140. The monoisotopic (exact) mass is 579 g/mol. The summed E-state index contributed by atoms with van der Waals surface area (Å²) in [6, 6.07) is 8.25. The number of hydrogen-bond acceptors (Lipinski definition) is 5. The Balaban J connectivity index is 1.76. The first kappa shape index (κ1) is 32.0. The lowest BCUT2D eigenvalue weighted by Crippen LogP contribution is -2.60. The summed E-state index contributed by atoms with van der Waals surface area (Å²) < 4.78 is 6.71. The molecule has 230 valence electrons. The number of benzene rings is 1. The molecule has 3 fully saturated rings. The van der Waals surface area contributed by atoms with Crippen molar-refractivity contribution in [2.45, 2.75) is 96.2 Å². The average Bonchev–Trinajstić information content (AvgIpc) is 3.61. The fraction of sp³-hybridized carbons (Fsp3) is 0.618. The van der Waals surface area contributed by atoms with Crippen LogP contribution in [0.15, 0.2) is 55.6 Å². The number of aliphatic hydroxyl groups is 1. The van der Waals surface area contributed by atoms with Crippen LogP contribution in [0.3, 0.4) is 0 Å². The molecule has 3 heterocycles. The Morgan fingerprint density at radius 3 is 2.43 bits per heavy atom. The highest BCUT2D eigenvalue weighted by Crippen LogP contribution is 2.59. The average molecular weight is 580 g/mol. The SMILES string of the molecule is C=CCN(Cc1ccccc1)C(=O)[C@@H]1[C@@H]2CCC3(O2)C(C(=O)N(CC=C)C(C)CCC)N([C@@H](CO)CC(C)C)C(=O)[C@H]13. The zero-order valence-electron chi connectivity index (χ0n) is 25.8.